The van der Waals surface area contributed by atoms with Gasteiger partial charge in [0, 0.05) is 17.7 Å². The van der Waals surface area contributed by atoms with Gasteiger partial charge in [-0.05, 0) is 24.3 Å². The number of non-ortho nitro benzene ring substituents is 1. The second-order valence-corrected chi connectivity index (χ2v) is 4.53. The summed E-state index contributed by atoms with van der Waals surface area (Å²) in [5.74, 6) is -1.49. The number of nitrogens with zero attached hydrogens (tertiary/aromatic N) is 3. The molecule has 7 nitrogen and oxygen atoms in total. The molecule has 0 saturated heterocycles. The molecule has 1 amide bonds. The fraction of sp³-hybridized carbons (Fsp3) is 0. The number of carbonyl (C=O) groups excluding carboxylic acids is 2. The highest BCUT2D eigenvalue weighted by Crippen LogP contribution is 2.21. The number of hydrogen-bond acceptors (Lipinski definition) is 5. The van der Waals surface area contributed by atoms with Crippen LogP contribution in [0.1, 0.15) is 5.56 Å². The normalized spacial score (nSPS) is 14.2. The summed E-state index contributed by atoms with van der Waals surface area (Å²) in [6.07, 6.45) is 0. The van der Waals surface area contributed by atoms with Crippen molar-refractivity contribution in [3.8, 4) is 0 Å². The quantitative estimate of drug-likeness (QED) is 0.491. The van der Waals surface area contributed by atoms with Crippen LogP contribution in [0, 0.1) is 10.1 Å². The van der Waals surface area contributed by atoms with Crippen LogP contribution >= 0.6 is 0 Å². The van der Waals surface area contributed by atoms with E-state index in [-0.39, 0.29) is 11.4 Å². The lowest BCUT2D eigenvalue weighted by atomic mass is 10.1. The summed E-state index contributed by atoms with van der Waals surface area (Å²) < 4.78 is 0. The second kappa shape index (κ2) is 5.21. The Morgan fingerprint density at radius 1 is 0.955 bits per heavy atom. The molecule has 1 aliphatic heterocycles. The van der Waals surface area contributed by atoms with E-state index >= 15 is 0 Å². The van der Waals surface area contributed by atoms with Gasteiger partial charge >= 0.3 is 5.91 Å². The molecule has 3 rings (SSSR count). The van der Waals surface area contributed by atoms with Crippen molar-refractivity contribution in [1.82, 2.24) is 0 Å². The highest BCUT2D eigenvalue weighted by molar-refractivity contribution is 6.72. The van der Waals surface area contributed by atoms with E-state index in [2.05, 4.69) is 5.10 Å². The van der Waals surface area contributed by atoms with Gasteiger partial charge in [-0.3, -0.25) is 19.7 Å². The van der Waals surface area contributed by atoms with Crippen LogP contribution in [0.5, 0.6) is 0 Å². The van der Waals surface area contributed by atoms with Crippen LogP contribution in [0.4, 0.5) is 11.4 Å². The zero-order valence-corrected chi connectivity index (χ0v) is 11.2. The summed E-state index contributed by atoms with van der Waals surface area (Å²) in [5.41, 5.74) is 0.727. The lowest BCUT2D eigenvalue weighted by molar-refractivity contribution is -0.384. The average Bonchev–Trinajstić information content (AvgIpc) is 2.84. The van der Waals surface area contributed by atoms with Crippen molar-refractivity contribution in [2.75, 3.05) is 5.01 Å². The van der Waals surface area contributed by atoms with Crippen LogP contribution < -0.4 is 5.01 Å². The monoisotopic (exact) mass is 295 g/mol. The van der Waals surface area contributed by atoms with Gasteiger partial charge in [0.1, 0.15) is 5.71 Å². The van der Waals surface area contributed by atoms with E-state index in [4.69, 9.17) is 0 Å². The number of amides is 1. The number of hydrogen-bond donors (Lipinski definition) is 0. The predicted molar refractivity (Wildman–Crippen MR) is 78.6 cm³/mol. The van der Waals surface area contributed by atoms with Crippen molar-refractivity contribution in [2.45, 2.75) is 0 Å². The summed E-state index contributed by atoms with van der Waals surface area (Å²) >= 11 is 0. The highest BCUT2D eigenvalue weighted by Gasteiger charge is 2.35. The summed E-state index contributed by atoms with van der Waals surface area (Å²) in [5, 5.41) is 15.7. The van der Waals surface area contributed by atoms with Crippen molar-refractivity contribution in [2.24, 2.45) is 5.10 Å². The molecule has 0 spiro atoms. The first kappa shape index (κ1) is 13.6. The lowest BCUT2D eigenvalue weighted by Gasteiger charge is -2.09. The van der Waals surface area contributed by atoms with Crippen molar-refractivity contribution in [3.63, 3.8) is 0 Å². The van der Waals surface area contributed by atoms with Crippen molar-refractivity contribution < 1.29 is 14.5 Å². The molecule has 108 valence electrons. The molecule has 0 fully saturated rings. The molecule has 0 N–H and O–H groups in total. The molecule has 2 aromatic rings. The van der Waals surface area contributed by atoms with Gasteiger partial charge < -0.3 is 0 Å². The molecule has 22 heavy (non-hydrogen) atoms. The first-order valence-electron chi connectivity index (χ1n) is 6.35. The molecule has 0 unspecified atom stereocenters. The Morgan fingerprint density at radius 3 is 2.18 bits per heavy atom. The van der Waals surface area contributed by atoms with E-state index in [9.17, 15) is 19.7 Å². The van der Waals surface area contributed by atoms with Crippen LogP contribution in [-0.4, -0.2) is 22.3 Å². The number of nitro benzene ring substituents is 1. The number of rotatable bonds is 3. The molecule has 0 bridgehead atoms. The maximum Gasteiger partial charge on any atom is 0.321 e. The third-order valence-corrected chi connectivity index (χ3v) is 3.15. The van der Waals surface area contributed by atoms with Gasteiger partial charge in [0.2, 0.25) is 0 Å². The van der Waals surface area contributed by atoms with E-state index < -0.39 is 16.6 Å². The molecular weight excluding hydrogens is 286 g/mol. The standard InChI is InChI=1S/C15H9N3O4/c19-14-13(10-6-8-12(9-7-10)18(21)22)16-17(15(14)20)11-4-2-1-3-5-11/h1-9H. The molecule has 7 heteroatoms. The maximum atomic E-state index is 12.1. The molecule has 0 aliphatic carbocycles. The zero-order valence-electron chi connectivity index (χ0n) is 11.2. The summed E-state index contributed by atoms with van der Waals surface area (Å²) in [6, 6.07) is 13.9. The highest BCUT2D eigenvalue weighted by atomic mass is 16.6. The first-order chi connectivity index (χ1) is 10.6. The number of Topliss-reactive ketones (excluding diaryl/α,β-unsaturated/α-hetero) is 1. The van der Waals surface area contributed by atoms with E-state index in [1.54, 1.807) is 30.3 Å². The number of para-hydroxylation sites is 1. The topological polar surface area (TPSA) is 92.9 Å². The van der Waals surface area contributed by atoms with E-state index in [1.165, 1.54) is 24.3 Å². The second-order valence-electron chi connectivity index (χ2n) is 4.53. The summed E-state index contributed by atoms with van der Waals surface area (Å²) in [6.45, 7) is 0. The smallest absolute Gasteiger partial charge is 0.281 e. The minimum absolute atomic E-state index is 0.0243. The van der Waals surface area contributed by atoms with Gasteiger partial charge in [-0.2, -0.15) is 10.1 Å². The van der Waals surface area contributed by atoms with Gasteiger partial charge in [-0.1, -0.05) is 18.2 Å². The third-order valence-electron chi connectivity index (χ3n) is 3.15. The number of nitro groups is 1. The fourth-order valence-electron chi connectivity index (χ4n) is 2.06. The molecule has 0 atom stereocenters. The first-order valence-corrected chi connectivity index (χ1v) is 6.35. The van der Waals surface area contributed by atoms with Crippen molar-refractivity contribution >= 4 is 28.8 Å². The average molecular weight is 295 g/mol. The Labute approximate surface area is 124 Å². The lowest BCUT2D eigenvalue weighted by Crippen LogP contribution is -2.27. The van der Waals surface area contributed by atoms with Gasteiger partial charge in [-0.25, -0.2) is 0 Å². The molecular formula is C15H9N3O4. The Hall–Kier alpha value is -3.35. The molecule has 0 aromatic heterocycles. The van der Waals surface area contributed by atoms with Gasteiger partial charge in [0.05, 0.1) is 10.6 Å². The Morgan fingerprint density at radius 2 is 1.59 bits per heavy atom. The number of benzene rings is 2. The number of ketones is 1. The van der Waals surface area contributed by atoms with Gasteiger partial charge in [0.25, 0.3) is 11.5 Å². The fourth-order valence-corrected chi connectivity index (χ4v) is 2.06. The maximum absolute atomic E-state index is 12.1. The van der Waals surface area contributed by atoms with E-state index in [0.717, 1.165) is 5.01 Å². The summed E-state index contributed by atoms with van der Waals surface area (Å²) in [7, 11) is 0. The Kier molecular flexibility index (Phi) is 3.23. The SMILES string of the molecule is O=C1C(=O)N(c2ccccc2)N=C1c1ccc([N+](=O)[O-])cc1. The predicted octanol–water partition coefficient (Wildman–Crippen LogP) is 1.91. The third kappa shape index (κ3) is 2.24. The largest absolute Gasteiger partial charge is 0.321 e. The summed E-state index contributed by atoms with van der Waals surface area (Å²) in [4.78, 5) is 34.2. The molecule has 0 saturated carbocycles. The van der Waals surface area contributed by atoms with Crippen LogP contribution in [-0.2, 0) is 9.59 Å². The Bertz CT molecular complexity index is 797. The van der Waals surface area contributed by atoms with Crippen LogP contribution in [0.3, 0.4) is 0 Å². The van der Waals surface area contributed by atoms with Gasteiger partial charge in [0.15, 0.2) is 0 Å². The molecule has 0 radical (unpaired) electrons. The zero-order chi connectivity index (χ0) is 15.7. The van der Waals surface area contributed by atoms with Crippen molar-refractivity contribution in [3.05, 3.63) is 70.3 Å². The van der Waals surface area contributed by atoms with E-state index in [0.29, 0.717) is 11.3 Å². The minimum atomic E-state index is -0.750. The molecule has 2 aromatic carbocycles. The van der Waals surface area contributed by atoms with Crippen molar-refractivity contribution in [1.29, 1.82) is 0 Å². The number of anilines is 1. The van der Waals surface area contributed by atoms with Crippen LogP contribution in [0.25, 0.3) is 0 Å². The Balaban J connectivity index is 1.98. The molecule has 1 heterocycles. The number of hydrazone groups is 1. The number of carbonyl (C=O) groups is 2. The molecule has 1 aliphatic rings. The van der Waals surface area contributed by atoms with E-state index in [1.807, 2.05) is 0 Å². The van der Waals surface area contributed by atoms with Crippen LogP contribution in [0.15, 0.2) is 59.7 Å². The minimum Gasteiger partial charge on any atom is -0.281 e. The van der Waals surface area contributed by atoms with Crippen LogP contribution in [0.2, 0.25) is 0 Å². The van der Waals surface area contributed by atoms with Gasteiger partial charge in [-0.15, -0.1) is 0 Å².